The van der Waals surface area contributed by atoms with Crippen LogP contribution in [0.5, 0.6) is 0 Å². The molecular formula is C7H10O5. The molecular weight excluding hydrogens is 164 g/mol. The molecule has 0 amide bonds. The molecule has 1 heterocycles. The second-order valence-electron chi connectivity index (χ2n) is 2.34. The van der Waals surface area contributed by atoms with Crippen molar-refractivity contribution in [1.29, 1.82) is 0 Å². The van der Waals surface area contributed by atoms with Crippen molar-refractivity contribution in [3.8, 4) is 0 Å². The first-order valence-electron chi connectivity index (χ1n) is 3.59. The molecule has 1 rings (SSSR count). The Hall–Kier alpha value is -1.10. The van der Waals surface area contributed by atoms with E-state index in [1.807, 2.05) is 0 Å². The van der Waals surface area contributed by atoms with Crippen LogP contribution in [0, 0.1) is 0 Å². The van der Waals surface area contributed by atoms with E-state index in [1.165, 1.54) is 7.11 Å². The van der Waals surface area contributed by atoms with Crippen molar-refractivity contribution in [2.24, 2.45) is 0 Å². The Balaban J connectivity index is 2.08. The van der Waals surface area contributed by atoms with Gasteiger partial charge in [-0.15, -0.1) is 0 Å². The summed E-state index contributed by atoms with van der Waals surface area (Å²) in [6.07, 6.45) is -0.555. The van der Waals surface area contributed by atoms with E-state index in [2.05, 4.69) is 9.47 Å². The molecule has 0 aromatic heterocycles. The quantitative estimate of drug-likeness (QED) is 0.424. The Bertz CT molecular complexity index is 180. The number of esters is 2. The Morgan fingerprint density at radius 3 is 2.83 bits per heavy atom. The SMILES string of the molecule is COCCOC(=O)[C@H]1CC(=O)O1. The zero-order valence-corrected chi connectivity index (χ0v) is 6.74. The lowest BCUT2D eigenvalue weighted by Crippen LogP contribution is -2.40. The second-order valence-corrected chi connectivity index (χ2v) is 2.34. The lowest BCUT2D eigenvalue weighted by molar-refractivity contribution is -0.186. The highest BCUT2D eigenvalue weighted by Crippen LogP contribution is 2.14. The van der Waals surface area contributed by atoms with E-state index in [0.29, 0.717) is 6.61 Å². The van der Waals surface area contributed by atoms with Gasteiger partial charge in [-0.25, -0.2) is 4.79 Å². The first kappa shape index (κ1) is 8.99. The van der Waals surface area contributed by atoms with Crippen LogP contribution >= 0.6 is 0 Å². The zero-order chi connectivity index (χ0) is 8.97. The third kappa shape index (κ3) is 2.20. The maximum atomic E-state index is 10.9. The van der Waals surface area contributed by atoms with Crippen LogP contribution < -0.4 is 0 Å². The first-order valence-corrected chi connectivity index (χ1v) is 3.59. The smallest absolute Gasteiger partial charge is 0.348 e. The van der Waals surface area contributed by atoms with Gasteiger partial charge >= 0.3 is 11.9 Å². The van der Waals surface area contributed by atoms with E-state index >= 15 is 0 Å². The number of cyclic esters (lactones) is 1. The van der Waals surface area contributed by atoms with Gasteiger partial charge in [0.05, 0.1) is 13.0 Å². The van der Waals surface area contributed by atoms with E-state index < -0.39 is 12.1 Å². The summed E-state index contributed by atoms with van der Waals surface area (Å²) in [5.74, 6) is -0.852. The number of hydrogen-bond donors (Lipinski definition) is 0. The molecule has 12 heavy (non-hydrogen) atoms. The minimum absolute atomic E-state index is 0.131. The fourth-order valence-electron chi connectivity index (χ4n) is 0.750. The summed E-state index contributed by atoms with van der Waals surface area (Å²) >= 11 is 0. The number of carbonyl (C=O) groups excluding carboxylic acids is 2. The highest BCUT2D eigenvalue weighted by molar-refractivity contribution is 5.89. The highest BCUT2D eigenvalue weighted by Gasteiger charge is 2.36. The molecule has 0 N–H and O–H groups in total. The maximum absolute atomic E-state index is 10.9. The Morgan fingerprint density at radius 1 is 1.67 bits per heavy atom. The summed E-state index contributed by atoms with van der Waals surface area (Å²) in [5, 5.41) is 0. The number of methoxy groups -OCH3 is 1. The largest absolute Gasteiger partial charge is 0.460 e. The number of hydrogen-bond acceptors (Lipinski definition) is 5. The molecule has 1 aliphatic rings. The van der Waals surface area contributed by atoms with Gasteiger partial charge in [0.2, 0.25) is 6.10 Å². The normalized spacial score (nSPS) is 21.1. The minimum Gasteiger partial charge on any atom is -0.460 e. The summed E-state index contributed by atoms with van der Waals surface area (Å²) < 4.78 is 13.8. The van der Waals surface area contributed by atoms with Crippen LogP contribution in [-0.4, -0.2) is 38.4 Å². The van der Waals surface area contributed by atoms with Gasteiger partial charge in [-0.3, -0.25) is 4.79 Å². The van der Waals surface area contributed by atoms with E-state index in [-0.39, 0.29) is 19.0 Å². The van der Waals surface area contributed by atoms with Gasteiger partial charge in [-0.2, -0.15) is 0 Å². The number of carbonyl (C=O) groups is 2. The summed E-state index contributed by atoms with van der Waals surface area (Å²) in [7, 11) is 1.51. The van der Waals surface area contributed by atoms with Crippen molar-refractivity contribution in [1.82, 2.24) is 0 Å². The van der Waals surface area contributed by atoms with Crippen LogP contribution in [0.4, 0.5) is 0 Å². The van der Waals surface area contributed by atoms with Crippen molar-refractivity contribution >= 4 is 11.9 Å². The molecule has 1 aliphatic heterocycles. The Kier molecular flexibility index (Phi) is 3.04. The Labute approximate surface area is 69.6 Å². The van der Waals surface area contributed by atoms with E-state index in [1.54, 1.807) is 0 Å². The van der Waals surface area contributed by atoms with Crippen LogP contribution in [0.2, 0.25) is 0 Å². The first-order chi connectivity index (χ1) is 5.74. The standard InChI is InChI=1S/C7H10O5/c1-10-2-3-11-7(9)5-4-6(8)12-5/h5H,2-4H2,1H3/t5-/m1/s1. The molecule has 5 nitrogen and oxygen atoms in total. The van der Waals surface area contributed by atoms with Crippen molar-refractivity contribution < 1.29 is 23.8 Å². The van der Waals surface area contributed by atoms with Gasteiger partial charge in [-0.05, 0) is 0 Å². The molecule has 1 fully saturated rings. The molecule has 5 heteroatoms. The molecule has 0 radical (unpaired) electrons. The van der Waals surface area contributed by atoms with Gasteiger partial charge in [0.15, 0.2) is 0 Å². The van der Waals surface area contributed by atoms with Gasteiger partial charge in [-0.1, -0.05) is 0 Å². The third-order valence-electron chi connectivity index (χ3n) is 1.42. The van der Waals surface area contributed by atoms with Crippen LogP contribution in [0.25, 0.3) is 0 Å². The van der Waals surface area contributed by atoms with Crippen LogP contribution in [0.3, 0.4) is 0 Å². The predicted molar refractivity (Wildman–Crippen MR) is 37.3 cm³/mol. The average molecular weight is 174 g/mol. The summed E-state index contributed by atoms with van der Waals surface area (Å²) in [4.78, 5) is 21.2. The van der Waals surface area contributed by atoms with Crippen molar-refractivity contribution in [3.63, 3.8) is 0 Å². The summed E-state index contributed by atoms with van der Waals surface area (Å²) in [5.41, 5.74) is 0. The maximum Gasteiger partial charge on any atom is 0.348 e. The van der Waals surface area contributed by atoms with Gasteiger partial charge in [0.1, 0.15) is 6.61 Å². The monoisotopic (exact) mass is 174 g/mol. The molecule has 0 spiro atoms. The average Bonchev–Trinajstić information content (AvgIpc) is 1.99. The topological polar surface area (TPSA) is 61.8 Å². The van der Waals surface area contributed by atoms with Crippen LogP contribution in [0.15, 0.2) is 0 Å². The van der Waals surface area contributed by atoms with E-state index in [0.717, 1.165) is 0 Å². The molecule has 0 aromatic carbocycles. The number of ether oxygens (including phenoxy) is 3. The molecule has 0 saturated carbocycles. The lowest BCUT2D eigenvalue weighted by Gasteiger charge is -2.23. The van der Waals surface area contributed by atoms with Crippen LogP contribution in [-0.2, 0) is 23.8 Å². The van der Waals surface area contributed by atoms with Crippen molar-refractivity contribution in [3.05, 3.63) is 0 Å². The molecule has 0 bridgehead atoms. The second kappa shape index (κ2) is 4.06. The van der Waals surface area contributed by atoms with Crippen LogP contribution in [0.1, 0.15) is 6.42 Å². The fourth-order valence-corrected chi connectivity index (χ4v) is 0.750. The van der Waals surface area contributed by atoms with Crippen molar-refractivity contribution in [2.75, 3.05) is 20.3 Å². The van der Waals surface area contributed by atoms with E-state index in [4.69, 9.17) is 4.74 Å². The molecule has 0 aliphatic carbocycles. The predicted octanol–water partition coefficient (Wildman–Crippen LogP) is -0.508. The highest BCUT2D eigenvalue weighted by atomic mass is 16.6. The van der Waals surface area contributed by atoms with Gasteiger partial charge in [0.25, 0.3) is 0 Å². The molecule has 1 saturated heterocycles. The van der Waals surface area contributed by atoms with Gasteiger partial charge < -0.3 is 14.2 Å². The summed E-state index contributed by atoms with van der Waals surface area (Å²) in [6.45, 7) is 0.551. The molecule has 0 aromatic rings. The number of rotatable bonds is 4. The van der Waals surface area contributed by atoms with Crippen molar-refractivity contribution in [2.45, 2.75) is 12.5 Å². The molecule has 68 valence electrons. The van der Waals surface area contributed by atoms with Gasteiger partial charge in [0, 0.05) is 7.11 Å². The third-order valence-corrected chi connectivity index (χ3v) is 1.42. The van der Waals surface area contributed by atoms with E-state index in [9.17, 15) is 9.59 Å². The summed E-state index contributed by atoms with van der Waals surface area (Å²) in [6, 6.07) is 0. The lowest BCUT2D eigenvalue weighted by atomic mass is 10.2. The minimum atomic E-state index is -0.686. The fraction of sp³-hybridized carbons (Fsp3) is 0.714. The Morgan fingerprint density at radius 2 is 2.33 bits per heavy atom. The molecule has 1 atom stereocenters. The zero-order valence-electron chi connectivity index (χ0n) is 6.74. The molecule has 0 unspecified atom stereocenters.